The molecule has 1 atom stereocenters. The van der Waals surface area contributed by atoms with Gasteiger partial charge in [0, 0.05) is 18.3 Å². The van der Waals surface area contributed by atoms with Gasteiger partial charge in [-0.05, 0) is 30.8 Å². The van der Waals surface area contributed by atoms with Gasteiger partial charge in [-0.15, -0.1) is 0 Å². The quantitative estimate of drug-likeness (QED) is 0.863. The van der Waals surface area contributed by atoms with Crippen LogP contribution in [0.3, 0.4) is 0 Å². The molecule has 3 heteroatoms. The van der Waals surface area contributed by atoms with Crippen LogP contribution in [0.5, 0.6) is 0 Å². The third-order valence-electron chi connectivity index (χ3n) is 3.01. The lowest BCUT2D eigenvalue weighted by atomic mass is 9.98. The lowest BCUT2D eigenvalue weighted by Crippen LogP contribution is -2.19. The molecule has 94 valence electrons. The maximum atomic E-state index is 13.8. The molecule has 1 unspecified atom stereocenters. The second-order valence-corrected chi connectivity index (χ2v) is 4.12. The van der Waals surface area contributed by atoms with Crippen LogP contribution in [-0.4, -0.2) is 14.1 Å². The van der Waals surface area contributed by atoms with E-state index in [4.69, 9.17) is 0 Å². The molecule has 0 saturated heterocycles. The lowest BCUT2D eigenvalue weighted by molar-refractivity contribution is 0.576. The summed E-state index contributed by atoms with van der Waals surface area (Å²) in [4.78, 5) is 0. The van der Waals surface area contributed by atoms with Crippen LogP contribution in [0.25, 0.3) is 0 Å². The molecular formula is C15H17FN2. The van der Waals surface area contributed by atoms with Gasteiger partial charge in [0.25, 0.3) is 0 Å². The van der Waals surface area contributed by atoms with Crippen molar-refractivity contribution in [2.24, 2.45) is 0 Å². The molecule has 0 saturated carbocycles. The molecule has 0 aromatic heterocycles. The predicted octanol–water partition coefficient (Wildman–Crippen LogP) is 3.18. The molecule has 0 aliphatic heterocycles. The molecule has 2 N–H and O–H groups in total. The van der Waals surface area contributed by atoms with E-state index in [1.807, 2.05) is 50.5 Å². The summed E-state index contributed by atoms with van der Waals surface area (Å²) in [5.41, 5.74) is 2.71. The van der Waals surface area contributed by atoms with E-state index in [1.165, 1.54) is 6.07 Å². The van der Waals surface area contributed by atoms with Crippen LogP contribution in [0.2, 0.25) is 0 Å². The van der Waals surface area contributed by atoms with Crippen molar-refractivity contribution in [1.82, 2.24) is 5.32 Å². The van der Waals surface area contributed by atoms with Crippen LogP contribution in [0.4, 0.5) is 10.1 Å². The van der Waals surface area contributed by atoms with Crippen LogP contribution >= 0.6 is 0 Å². The minimum atomic E-state index is -0.188. The normalized spacial score (nSPS) is 12.2. The van der Waals surface area contributed by atoms with Gasteiger partial charge in [0.15, 0.2) is 0 Å². The number of rotatable bonds is 4. The molecule has 18 heavy (non-hydrogen) atoms. The van der Waals surface area contributed by atoms with E-state index >= 15 is 0 Å². The second-order valence-electron chi connectivity index (χ2n) is 4.12. The SMILES string of the molecule is CNc1cccc(C(NC)c2ccccc2F)c1. The molecule has 2 aromatic carbocycles. The zero-order valence-electron chi connectivity index (χ0n) is 10.6. The van der Waals surface area contributed by atoms with Crippen LogP contribution < -0.4 is 10.6 Å². The van der Waals surface area contributed by atoms with Gasteiger partial charge in [-0.2, -0.15) is 0 Å². The number of halogens is 1. The Morgan fingerprint density at radius 1 is 1.00 bits per heavy atom. The topological polar surface area (TPSA) is 24.1 Å². The number of hydrogen-bond acceptors (Lipinski definition) is 2. The minimum Gasteiger partial charge on any atom is -0.388 e. The van der Waals surface area contributed by atoms with Gasteiger partial charge in [-0.3, -0.25) is 0 Å². The van der Waals surface area contributed by atoms with Gasteiger partial charge in [-0.25, -0.2) is 4.39 Å². The largest absolute Gasteiger partial charge is 0.388 e. The predicted molar refractivity (Wildman–Crippen MR) is 73.3 cm³/mol. The van der Waals surface area contributed by atoms with Crippen molar-refractivity contribution in [3.8, 4) is 0 Å². The van der Waals surface area contributed by atoms with Gasteiger partial charge in [0.05, 0.1) is 6.04 Å². The molecule has 2 aromatic rings. The summed E-state index contributed by atoms with van der Waals surface area (Å²) < 4.78 is 13.8. The van der Waals surface area contributed by atoms with E-state index in [2.05, 4.69) is 10.6 Å². The highest BCUT2D eigenvalue weighted by Crippen LogP contribution is 2.25. The van der Waals surface area contributed by atoms with Crippen LogP contribution in [0.1, 0.15) is 17.2 Å². The van der Waals surface area contributed by atoms with E-state index < -0.39 is 0 Å². The molecule has 2 nitrogen and oxygen atoms in total. The monoisotopic (exact) mass is 244 g/mol. The summed E-state index contributed by atoms with van der Waals surface area (Å²) in [6.45, 7) is 0. The Bertz CT molecular complexity index is 525. The van der Waals surface area contributed by atoms with Crippen molar-refractivity contribution in [1.29, 1.82) is 0 Å². The Hall–Kier alpha value is -1.87. The molecular weight excluding hydrogens is 227 g/mol. The number of anilines is 1. The lowest BCUT2D eigenvalue weighted by Gasteiger charge is -2.18. The van der Waals surface area contributed by atoms with Crippen LogP contribution in [0.15, 0.2) is 48.5 Å². The molecule has 0 bridgehead atoms. The Balaban J connectivity index is 2.42. The summed E-state index contributed by atoms with van der Waals surface area (Å²) in [6, 6.07) is 14.7. The molecule has 0 radical (unpaired) electrons. The van der Waals surface area contributed by atoms with Crippen molar-refractivity contribution in [3.63, 3.8) is 0 Å². The third kappa shape index (κ3) is 2.51. The first-order chi connectivity index (χ1) is 8.76. The molecule has 0 fully saturated rings. The first-order valence-corrected chi connectivity index (χ1v) is 5.95. The zero-order valence-corrected chi connectivity index (χ0v) is 10.6. The first-order valence-electron chi connectivity index (χ1n) is 5.95. The smallest absolute Gasteiger partial charge is 0.128 e. The fraction of sp³-hybridized carbons (Fsp3) is 0.200. The van der Waals surface area contributed by atoms with E-state index in [0.717, 1.165) is 11.3 Å². The summed E-state index contributed by atoms with van der Waals surface area (Å²) in [7, 11) is 3.71. The first kappa shape index (κ1) is 12.6. The van der Waals surface area contributed by atoms with Gasteiger partial charge in [-0.1, -0.05) is 30.3 Å². The molecule has 0 amide bonds. The van der Waals surface area contributed by atoms with Crippen molar-refractivity contribution < 1.29 is 4.39 Å². The van der Waals surface area contributed by atoms with E-state index in [1.54, 1.807) is 6.07 Å². The average molecular weight is 244 g/mol. The average Bonchev–Trinajstić information content (AvgIpc) is 2.42. The summed E-state index contributed by atoms with van der Waals surface area (Å²) in [5.74, 6) is -0.188. The Labute approximate surface area is 107 Å². The zero-order chi connectivity index (χ0) is 13.0. The molecule has 0 aliphatic rings. The van der Waals surface area contributed by atoms with Crippen LogP contribution in [-0.2, 0) is 0 Å². The van der Waals surface area contributed by atoms with Crippen molar-refractivity contribution >= 4 is 5.69 Å². The third-order valence-corrected chi connectivity index (χ3v) is 3.01. The molecule has 0 aliphatic carbocycles. The highest BCUT2D eigenvalue weighted by atomic mass is 19.1. The van der Waals surface area contributed by atoms with E-state index in [9.17, 15) is 4.39 Å². The second kappa shape index (κ2) is 5.65. The number of hydrogen-bond donors (Lipinski definition) is 2. The molecule has 0 heterocycles. The highest BCUT2D eigenvalue weighted by Gasteiger charge is 2.15. The van der Waals surface area contributed by atoms with Crippen molar-refractivity contribution in [2.45, 2.75) is 6.04 Å². The fourth-order valence-corrected chi connectivity index (χ4v) is 2.08. The fourth-order valence-electron chi connectivity index (χ4n) is 2.08. The van der Waals surface area contributed by atoms with Gasteiger partial charge in [0.1, 0.15) is 5.82 Å². The summed E-state index contributed by atoms with van der Waals surface area (Å²) in [5, 5.41) is 6.25. The van der Waals surface area contributed by atoms with Crippen molar-refractivity contribution in [3.05, 3.63) is 65.5 Å². The molecule has 0 spiro atoms. The van der Waals surface area contributed by atoms with Crippen LogP contribution in [0, 0.1) is 5.82 Å². The number of benzene rings is 2. The summed E-state index contributed by atoms with van der Waals surface area (Å²) in [6.07, 6.45) is 0. The minimum absolute atomic E-state index is 0.139. The van der Waals surface area contributed by atoms with E-state index in [-0.39, 0.29) is 11.9 Å². The Morgan fingerprint density at radius 3 is 2.44 bits per heavy atom. The Morgan fingerprint density at radius 2 is 1.78 bits per heavy atom. The maximum absolute atomic E-state index is 13.8. The van der Waals surface area contributed by atoms with Crippen molar-refractivity contribution in [2.75, 3.05) is 19.4 Å². The molecule has 2 rings (SSSR count). The summed E-state index contributed by atoms with van der Waals surface area (Å²) >= 11 is 0. The van der Waals surface area contributed by atoms with Gasteiger partial charge in [0.2, 0.25) is 0 Å². The maximum Gasteiger partial charge on any atom is 0.128 e. The number of nitrogens with one attached hydrogen (secondary N) is 2. The standard InChI is InChI=1S/C15H17FN2/c1-17-12-7-5-6-11(10-12)15(18-2)13-8-3-4-9-14(13)16/h3-10,15,17-18H,1-2H3. The Kier molecular flexibility index (Phi) is 3.95. The highest BCUT2D eigenvalue weighted by molar-refractivity contribution is 5.47. The van der Waals surface area contributed by atoms with Gasteiger partial charge >= 0.3 is 0 Å². The van der Waals surface area contributed by atoms with E-state index in [0.29, 0.717) is 5.56 Å². The van der Waals surface area contributed by atoms with Gasteiger partial charge < -0.3 is 10.6 Å².